The second-order valence-electron chi connectivity index (χ2n) is 10.7. The Labute approximate surface area is 226 Å². The van der Waals surface area contributed by atoms with E-state index in [4.69, 9.17) is 5.10 Å². The minimum atomic E-state index is -0.287. The van der Waals surface area contributed by atoms with Gasteiger partial charge in [0.2, 0.25) is 0 Å². The number of rotatable bonds is 6. The largest absolute Gasteiger partial charge is 0.359 e. The summed E-state index contributed by atoms with van der Waals surface area (Å²) in [7, 11) is 0. The highest BCUT2D eigenvalue weighted by molar-refractivity contribution is 5.96. The van der Waals surface area contributed by atoms with Gasteiger partial charge in [0, 0.05) is 48.4 Å². The molecule has 1 fully saturated rings. The number of aromatic nitrogens is 4. The normalized spacial score (nSPS) is 15.2. The lowest BCUT2D eigenvalue weighted by Gasteiger charge is -2.28. The SMILES string of the molecule is CCc1cccc(CC)c1-n1nc2c(c1-c1ccc(F)c3[nH]ccc13)CN(c1ncc(C3CC3)cc1F)CC2. The average molecular weight is 524 g/mol. The van der Waals surface area contributed by atoms with Crippen molar-refractivity contribution in [3.63, 3.8) is 0 Å². The third kappa shape index (κ3) is 3.94. The van der Waals surface area contributed by atoms with Gasteiger partial charge in [-0.1, -0.05) is 32.0 Å². The Kier molecular flexibility index (Phi) is 5.76. The van der Waals surface area contributed by atoms with Crippen LogP contribution in [0.3, 0.4) is 0 Å². The predicted molar refractivity (Wildman–Crippen MR) is 150 cm³/mol. The number of aromatic amines is 1. The molecule has 0 amide bonds. The maximum Gasteiger partial charge on any atom is 0.165 e. The summed E-state index contributed by atoms with van der Waals surface area (Å²) in [5.41, 5.74) is 8.86. The first-order chi connectivity index (χ1) is 19.1. The Hall–Kier alpha value is -4.00. The summed E-state index contributed by atoms with van der Waals surface area (Å²) in [6, 6.07) is 13.4. The van der Waals surface area contributed by atoms with E-state index in [0.29, 0.717) is 36.8 Å². The Morgan fingerprint density at radius 3 is 2.51 bits per heavy atom. The van der Waals surface area contributed by atoms with Crippen molar-refractivity contribution >= 4 is 16.7 Å². The quantitative estimate of drug-likeness (QED) is 0.255. The van der Waals surface area contributed by atoms with Gasteiger partial charge in [-0.2, -0.15) is 5.10 Å². The third-order valence-corrected chi connectivity index (χ3v) is 8.33. The van der Waals surface area contributed by atoms with Crippen molar-refractivity contribution < 1.29 is 8.78 Å². The monoisotopic (exact) mass is 523 g/mol. The number of anilines is 1. The molecule has 7 rings (SSSR count). The van der Waals surface area contributed by atoms with E-state index in [-0.39, 0.29) is 11.6 Å². The zero-order chi connectivity index (χ0) is 26.7. The van der Waals surface area contributed by atoms with Crippen LogP contribution in [0.5, 0.6) is 0 Å². The highest BCUT2D eigenvalue weighted by Gasteiger charge is 2.31. The predicted octanol–water partition coefficient (Wildman–Crippen LogP) is 7.26. The van der Waals surface area contributed by atoms with Gasteiger partial charge >= 0.3 is 0 Å². The second-order valence-corrected chi connectivity index (χ2v) is 10.7. The fourth-order valence-corrected chi connectivity index (χ4v) is 6.13. The molecular weight excluding hydrogens is 492 g/mol. The molecule has 1 N–H and O–H groups in total. The molecule has 0 bridgehead atoms. The summed E-state index contributed by atoms with van der Waals surface area (Å²) in [6.45, 7) is 5.43. The molecule has 0 spiro atoms. The number of nitrogens with zero attached hydrogens (tertiary/aromatic N) is 4. The van der Waals surface area contributed by atoms with Gasteiger partial charge in [0.1, 0.15) is 5.82 Å². The van der Waals surface area contributed by atoms with E-state index in [1.54, 1.807) is 12.3 Å². The Morgan fingerprint density at radius 1 is 1.00 bits per heavy atom. The Balaban J connectivity index is 1.43. The summed E-state index contributed by atoms with van der Waals surface area (Å²) in [6.07, 6.45) is 8.24. The maximum atomic E-state index is 15.3. The van der Waals surface area contributed by atoms with Gasteiger partial charge in [-0.05, 0) is 72.6 Å². The third-order valence-electron chi connectivity index (χ3n) is 8.33. The number of hydrogen-bond acceptors (Lipinski definition) is 3. The molecule has 7 heteroatoms. The van der Waals surface area contributed by atoms with Crippen LogP contribution in [-0.2, 0) is 25.8 Å². The van der Waals surface area contributed by atoms with E-state index < -0.39 is 0 Å². The second kappa shape index (κ2) is 9.33. The first-order valence-corrected chi connectivity index (χ1v) is 14.0. The number of aryl methyl sites for hydroxylation is 2. The van der Waals surface area contributed by atoms with Gasteiger partial charge in [0.25, 0.3) is 0 Å². The van der Waals surface area contributed by atoms with Crippen LogP contribution >= 0.6 is 0 Å². The average Bonchev–Trinajstić information content (AvgIpc) is 3.57. The molecule has 2 aromatic carbocycles. The lowest BCUT2D eigenvalue weighted by molar-refractivity contribution is 0.597. The van der Waals surface area contributed by atoms with Crippen molar-refractivity contribution in [2.45, 2.75) is 58.4 Å². The molecule has 4 heterocycles. The van der Waals surface area contributed by atoms with Gasteiger partial charge in [0.15, 0.2) is 11.6 Å². The molecule has 5 aromatic rings. The number of benzene rings is 2. The smallest absolute Gasteiger partial charge is 0.165 e. The van der Waals surface area contributed by atoms with Crippen molar-refractivity contribution in [2.75, 3.05) is 11.4 Å². The molecule has 198 valence electrons. The molecule has 2 aliphatic rings. The standard InChI is InChI=1S/C32H31F2N5/c1-3-19-6-5-7-20(4-2)30(19)39-31(24-10-11-26(33)29-23(24)12-14-35-29)25-18-38(15-13-28(25)37-39)32-27(34)16-22(17-36-32)21-8-9-21/h5-7,10-12,14,16-17,21,35H,3-4,8-9,13,15,18H2,1-2H3. The van der Waals surface area contributed by atoms with Gasteiger partial charge in [-0.3, -0.25) is 0 Å². The first-order valence-electron chi connectivity index (χ1n) is 14.0. The fourth-order valence-electron chi connectivity index (χ4n) is 6.13. The zero-order valence-corrected chi connectivity index (χ0v) is 22.3. The van der Waals surface area contributed by atoms with Crippen LogP contribution < -0.4 is 4.90 Å². The summed E-state index contributed by atoms with van der Waals surface area (Å²) in [4.78, 5) is 9.66. The van der Waals surface area contributed by atoms with Crippen LogP contribution in [-0.4, -0.2) is 26.3 Å². The Morgan fingerprint density at radius 2 is 1.79 bits per heavy atom. The summed E-state index contributed by atoms with van der Waals surface area (Å²) < 4.78 is 32.2. The van der Waals surface area contributed by atoms with Gasteiger partial charge in [0.05, 0.1) is 22.6 Å². The van der Waals surface area contributed by atoms with Crippen molar-refractivity contribution in [2.24, 2.45) is 0 Å². The summed E-state index contributed by atoms with van der Waals surface area (Å²) in [5.74, 6) is 0.284. The molecule has 0 atom stereocenters. The van der Waals surface area contributed by atoms with Crippen molar-refractivity contribution in [1.29, 1.82) is 0 Å². The van der Waals surface area contributed by atoms with Crippen LogP contribution in [0.25, 0.3) is 27.8 Å². The maximum absolute atomic E-state index is 15.3. The fraction of sp³-hybridized carbons (Fsp3) is 0.312. The van der Waals surface area contributed by atoms with E-state index in [9.17, 15) is 4.39 Å². The van der Waals surface area contributed by atoms with Gasteiger partial charge < -0.3 is 9.88 Å². The van der Waals surface area contributed by atoms with E-state index in [1.807, 2.05) is 23.2 Å². The molecule has 0 radical (unpaired) electrons. The van der Waals surface area contributed by atoms with E-state index in [0.717, 1.165) is 64.8 Å². The molecular formula is C32H31F2N5. The lowest BCUT2D eigenvalue weighted by Crippen LogP contribution is -2.31. The summed E-state index contributed by atoms with van der Waals surface area (Å²) in [5, 5.41) is 6.00. The number of nitrogens with one attached hydrogen (secondary N) is 1. The zero-order valence-electron chi connectivity index (χ0n) is 22.3. The molecule has 0 saturated heterocycles. The lowest BCUT2D eigenvalue weighted by atomic mass is 9.97. The molecule has 1 saturated carbocycles. The van der Waals surface area contributed by atoms with Crippen LogP contribution in [0.1, 0.15) is 60.6 Å². The first kappa shape index (κ1) is 24.1. The number of H-pyrrole nitrogens is 1. The van der Waals surface area contributed by atoms with Crippen LogP contribution in [0, 0.1) is 11.6 Å². The van der Waals surface area contributed by atoms with E-state index in [1.165, 1.54) is 17.2 Å². The van der Waals surface area contributed by atoms with Crippen LogP contribution in [0.4, 0.5) is 14.6 Å². The molecule has 39 heavy (non-hydrogen) atoms. The number of halogens is 2. The number of fused-ring (bicyclic) bond motifs is 2. The van der Waals surface area contributed by atoms with E-state index in [2.05, 4.69) is 46.7 Å². The van der Waals surface area contributed by atoms with Crippen molar-refractivity contribution in [3.8, 4) is 16.9 Å². The van der Waals surface area contributed by atoms with Crippen LogP contribution in [0.15, 0.2) is 54.9 Å². The van der Waals surface area contributed by atoms with Crippen molar-refractivity contribution in [1.82, 2.24) is 19.7 Å². The molecule has 1 aliphatic carbocycles. The van der Waals surface area contributed by atoms with Gasteiger partial charge in [-0.15, -0.1) is 0 Å². The number of para-hydroxylation sites is 1. The number of pyridine rings is 1. The molecule has 3 aromatic heterocycles. The highest BCUT2D eigenvalue weighted by Crippen LogP contribution is 2.42. The molecule has 1 aliphatic heterocycles. The Bertz CT molecular complexity index is 1690. The van der Waals surface area contributed by atoms with E-state index >= 15 is 4.39 Å². The minimum Gasteiger partial charge on any atom is -0.359 e. The van der Waals surface area contributed by atoms with Gasteiger partial charge in [-0.25, -0.2) is 18.4 Å². The minimum absolute atomic E-state index is 0.267. The number of hydrogen-bond donors (Lipinski definition) is 1. The molecule has 0 unspecified atom stereocenters. The van der Waals surface area contributed by atoms with Crippen LogP contribution in [0.2, 0.25) is 0 Å². The highest BCUT2D eigenvalue weighted by atomic mass is 19.1. The van der Waals surface area contributed by atoms with Crippen molar-refractivity contribution in [3.05, 3.63) is 94.4 Å². The topological polar surface area (TPSA) is 49.7 Å². The molecule has 5 nitrogen and oxygen atoms in total. The summed E-state index contributed by atoms with van der Waals surface area (Å²) >= 11 is 0.